The van der Waals surface area contributed by atoms with Crippen LogP contribution in [0.15, 0.2) is 102 Å². The minimum absolute atomic E-state index is 0.145. The Labute approximate surface area is 212 Å². The summed E-state index contributed by atoms with van der Waals surface area (Å²) >= 11 is 0. The molecule has 184 valence electrons. The van der Waals surface area contributed by atoms with Crippen molar-refractivity contribution in [2.45, 2.75) is 25.3 Å². The van der Waals surface area contributed by atoms with Crippen LogP contribution in [-0.4, -0.2) is 21.4 Å². The monoisotopic (exact) mass is 500 g/mol. The Morgan fingerprint density at radius 3 is 2.11 bits per heavy atom. The largest absolute Gasteiger partial charge is 0.497 e. The highest BCUT2D eigenvalue weighted by Crippen LogP contribution is 2.28. The van der Waals surface area contributed by atoms with Gasteiger partial charge in [-0.1, -0.05) is 36.4 Å². The molecule has 0 aliphatic carbocycles. The van der Waals surface area contributed by atoms with Crippen LogP contribution >= 0.6 is 0 Å². The number of amides is 1. The maximum atomic E-state index is 13.6. The van der Waals surface area contributed by atoms with Crippen LogP contribution in [0.4, 0.5) is 11.4 Å². The van der Waals surface area contributed by atoms with E-state index in [1.807, 2.05) is 44.2 Å². The van der Waals surface area contributed by atoms with Gasteiger partial charge in [-0.2, -0.15) is 0 Å². The number of carbonyl (C=O) groups is 1. The summed E-state index contributed by atoms with van der Waals surface area (Å²) in [5, 5.41) is 2.87. The third kappa shape index (κ3) is 5.58. The van der Waals surface area contributed by atoms with Gasteiger partial charge in [0.25, 0.3) is 15.9 Å². The number of ether oxygens (including phenoxy) is 1. The molecule has 0 bridgehead atoms. The first-order valence-electron chi connectivity index (χ1n) is 11.5. The lowest BCUT2D eigenvalue weighted by molar-refractivity contribution is 0.102. The van der Waals surface area contributed by atoms with Crippen molar-refractivity contribution in [2.75, 3.05) is 16.7 Å². The van der Waals surface area contributed by atoms with Gasteiger partial charge in [0.2, 0.25) is 0 Å². The van der Waals surface area contributed by atoms with Crippen molar-refractivity contribution in [3.63, 3.8) is 0 Å². The summed E-state index contributed by atoms with van der Waals surface area (Å²) in [6, 6.07) is 28.1. The number of sulfonamides is 1. The average Bonchev–Trinajstić information content (AvgIpc) is 2.90. The zero-order valence-corrected chi connectivity index (χ0v) is 21.2. The summed E-state index contributed by atoms with van der Waals surface area (Å²) in [4.78, 5) is 12.8. The first-order chi connectivity index (χ1) is 17.3. The molecular weight excluding hydrogens is 472 g/mol. The van der Waals surface area contributed by atoms with Gasteiger partial charge >= 0.3 is 0 Å². The second kappa shape index (κ2) is 10.7. The van der Waals surface area contributed by atoms with Gasteiger partial charge in [-0.25, -0.2) is 8.42 Å². The van der Waals surface area contributed by atoms with Crippen molar-refractivity contribution in [2.24, 2.45) is 0 Å². The van der Waals surface area contributed by atoms with Gasteiger partial charge in [0.05, 0.1) is 24.2 Å². The molecule has 0 saturated carbocycles. The number of nitrogens with one attached hydrogen (secondary N) is 1. The first kappa shape index (κ1) is 25.0. The van der Waals surface area contributed by atoms with Gasteiger partial charge in [0.15, 0.2) is 0 Å². The predicted octanol–water partition coefficient (Wildman–Crippen LogP) is 5.96. The lowest BCUT2D eigenvalue weighted by Crippen LogP contribution is -2.30. The van der Waals surface area contributed by atoms with E-state index < -0.39 is 10.0 Å². The Morgan fingerprint density at radius 2 is 1.50 bits per heavy atom. The summed E-state index contributed by atoms with van der Waals surface area (Å²) in [6.45, 7) is 4.10. The molecule has 0 spiro atoms. The standard InChI is InChI=1S/C29H28N2O4S/c1-21-9-16-26(19-22(21)2)31(36(33,34)28-7-5-4-6-8-28)20-23-10-14-25(15-11-23)30-29(32)24-12-17-27(35-3)18-13-24/h4-19H,20H2,1-3H3,(H,30,32). The van der Waals surface area contributed by atoms with E-state index in [-0.39, 0.29) is 17.3 Å². The van der Waals surface area contributed by atoms with Crippen LogP contribution < -0.4 is 14.4 Å². The number of aryl methyl sites for hydroxylation is 2. The zero-order valence-electron chi connectivity index (χ0n) is 20.4. The predicted molar refractivity (Wildman–Crippen MR) is 143 cm³/mol. The second-order valence-corrected chi connectivity index (χ2v) is 10.3. The molecule has 6 nitrogen and oxygen atoms in total. The molecule has 0 aliphatic heterocycles. The van der Waals surface area contributed by atoms with Gasteiger partial charge in [-0.05, 0) is 91.2 Å². The maximum absolute atomic E-state index is 13.6. The van der Waals surface area contributed by atoms with Crippen LogP contribution in [-0.2, 0) is 16.6 Å². The van der Waals surface area contributed by atoms with Crippen LogP contribution in [0.5, 0.6) is 5.75 Å². The van der Waals surface area contributed by atoms with Crippen molar-refractivity contribution in [1.29, 1.82) is 0 Å². The van der Waals surface area contributed by atoms with Crippen molar-refractivity contribution in [3.8, 4) is 5.75 Å². The summed E-state index contributed by atoms with van der Waals surface area (Å²) < 4.78 is 33.8. The van der Waals surface area contributed by atoms with Crippen molar-refractivity contribution >= 4 is 27.3 Å². The molecule has 0 heterocycles. The average molecular weight is 501 g/mol. The number of anilines is 2. The molecule has 0 unspecified atom stereocenters. The Kier molecular flexibility index (Phi) is 7.41. The number of rotatable bonds is 8. The molecule has 7 heteroatoms. The maximum Gasteiger partial charge on any atom is 0.264 e. The number of benzene rings is 4. The van der Waals surface area contributed by atoms with Gasteiger partial charge in [0, 0.05) is 11.3 Å². The summed E-state index contributed by atoms with van der Waals surface area (Å²) in [7, 11) is -2.23. The Morgan fingerprint density at radius 1 is 0.833 bits per heavy atom. The van der Waals surface area contributed by atoms with Gasteiger partial charge in [-0.3, -0.25) is 9.10 Å². The summed E-state index contributed by atoms with van der Waals surface area (Å²) in [5.41, 5.74) is 4.61. The highest BCUT2D eigenvalue weighted by atomic mass is 32.2. The molecule has 36 heavy (non-hydrogen) atoms. The molecule has 4 rings (SSSR count). The lowest BCUT2D eigenvalue weighted by Gasteiger charge is -2.25. The van der Waals surface area contributed by atoms with E-state index in [1.54, 1.807) is 73.8 Å². The van der Waals surface area contributed by atoms with E-state index in [9.17, 15) is 13.2 Å². The number of carbonyl (C=O) groups excluding carboxylic acids is 1. The van der Waals surface area contributed by atoms with E-state index in [4.69, 9.17) is 4.74 Å². The van der Waals surface area contributed by atoms with Crippen LogP contribution in [0.2, 0.25) is 0 Å². The number of methoxy groups -OCH3 is 1. The fraction of sp³-hybridized carbons (Fsp3) is 0.138. The molecule has 4 aromatic carbocycles. The van der Waals surface area contributed by atoms with Crippen molar-refractivity contribution in [1.82, 2.24) is 0 Å². The molecule has 1 amide bonds. The quantitative estimate of drug-likeness (QED) is 0.324. The van der Waals surface area contributed by atoms with Crippen molar-refractivity contribution < 1.29 is 17.9 Å². The Bertz CT molecular complexity index is 1450. The number of nitrogens with zero attached hydrogens (tertiary/aromatic N) is 1. The lowest BCUT2D eigenvalue weighted by atomic mass is 10.1. The Hall–Kier alpha value is -4.10. The summed E-state index contributed by atoms with van der Waals surface area (Å²) in [5.74, 6) is 0.434. The molecule has 0 radical (unpaired) electrons. The molecule has 4 aromatic rings. The smallest absolute Gasteiger partial charge is 0.264 e. The SMILES string of the molecule is COc1ccc(C(=O)Nc2ccc(CN(c3ccc(C)c(C)c3)S(=O)(=O)c3ccccc3)cc2)cc1. The van der Waals surface area contributed by atoms with E-state index in [0.29, 0.717) is 22.7 Å². The van der Waals surface area contributed by atoms with E-state index in [0.717, 1.165) is 16.7 Å². The van der Waals surface area contributed by atoms with E-state index in [1.165, 1.54) is 4.31 Å². The third-order valence-corrected chi connectivity index (χ3v) is 7.79. The van der Waals surface area contributed by atoms with Crippen molar-refractivity contribution in [3.05, 3.63) is 119 Å². The molecule has 0 aromatic heterocycles. The minimum Gasteiger partial charge on any atom is -0.497 e. The molecular formula is C29H28N2O4S. The van der Waals surface area contributed by atoms with Gasteiger partial charge < -0.3 is 10.1 Å². The highest BCUT2D eigenvalue weighted by molar-refractivity contribution is 7.92. The van der Waals surface area contributed by atoms with Crippen LogP contribution in [0.25, 0.3) is 0 Å². The van der Waals surface area contributed by atoms with E-state index in [2.05, 4.69) is 5.32 Å². The Balaban J connectivity index is 1.58. The molecule has 1 N–H and O–H groups in total. The zero-order chi connectivity index (χ0) is 25.7. The fourth-order valence-electron chi connectivity index (χ4n) is 3.72. The molecule has 0 saturated heterocycles. The summed E-state index contributed by atoms with van der Waals surface area (Å²) in [6.07, 6.45) is 0. The second-order valence-electron chi connectivity index (χ2n) is 8.47. The minimum atomic E-state index is -3.80. The number of hydrogen-bond acceptors (Lipinski definition) is 4. The van der Waals surface area contributed by atoms with E-state index >= 15 is 0 Å². The third-order valence-electron chi connectivity index (χ3n) is 6.00. The fourth-order valence-corrected chi connectivity index (χ4v) is 5.19. The molecule has 0 atom stereocenters. The highest BCUT2D eigenvalue weighted by Gasteiger charge is 2.25. The van der Waals surface area contributed by atoms with Gasteiger partial charge in [0.1, 0.15) is 5.75 Å². The topological polar surface area (TPSA) is 75.7 Å². The number of hydrogen-bond donors (Lipinski definition) is 1. The van der Waals surface area contributed by atoms with Crippen LogP contribution in [0, 0.1) is 13.8 Å². The van der Waals surface area contributed by atoms with Gasteiger partial charge in [-0.15, -0.1) is 0 Å². The first-order valence-corrected chi connectivity index (χ1v) is 12.9. The normalized spacial score (nSPS) is 11.1. The van der Waals surface area contributed by atoms with Crippen LogP contribution in [0.1, 0.15) is 27.0 Å². The van der Waals surface area contributed by atoms with Crippen LogP contribution in [0.3, 0.4) is 0 Å². The molecule has 0 aliphatic rings. The molecule has 0 fully saturated rings.